The van der Waals surface area contributed by atoms with Crippen molar-refractivity contribution >= 4 is 6.29 Å². The zero-order valence-electron chi connectivity index (χ0n) is 12.4. The van der Waals surface area contributed by atoms with Crippen LogP contribution in [-0.4, -0.2) is 43.0 Å². The first-order valence-corrected chi connectivity index (χ1v) is 7.25. The van der Waals surface area contributed by atoms with Gasteiger partial charge in [0.15, 0.2) is 0 Å². The van der Waals surface area contributed by atoms with Crippen LogP contribution in [0.5, 0.6) is 0 Å². The van der Waals surface area contributed by atoms with Gasteiger partial charge >= 0.3 is 0 Å². The van der Waals surface area contributed by atoms with Crippen molar-refractivity contribution in [2.45, 2.75) is 52.5 Å². The average molecular weight is 255 g/mol. The second-order valence-corrected chi connectivity index (χ2v) is 6.32. The van der Waals surface area contributed by atoms with E-state index in [1.807, 2.05) is 6.92 Å². The molecule has 18 heavy (non-hydrogen) atoms. The summed E-state index contributed by atoms with van der Waals surface area (Å²) in [5.41, 5.74) is 0.269. The van der Waals surface area contributed by atoms with Crippen molar-refractivity contribution in [2.24, 2.45) is 11.8 Å². The van der Waals surface area contributed by atoms with Crippen LogP contribution in [0.15, 0.2) is 0 Å². The molecule has 3 nitrogen and oxygen atoms in total. The molecule has 1 rings (SSSR count). The Morgan fingerprint density at radius 1 is 1.33 bits per heavy atom. The van der Waals surface area contributed by atoms with Crippen molar-refractivity contribution < 1.29 is 9.53 Å². The van der Waals surface area contributed by atoms with Gasteiger partial charge in [-0.1, -0.05) is 0 Å². The van der Waals surface area contributed by atoms with Crippen molar-refractivity contribution in [3.05, 3.63) is 0 Å². The van der Waals surface area contributed by atoms with Crippen molar-refractivity contribution in [3.63, 3.8) is 0 Å². The van der Waals surface area contributed by atoms with Gasteiger partial charge in [0.25, 0.3) is 0 Å². The van der Waals surface area contributed by atoms with Crippen LogP contribution in [0.2, 0.25) is 0 Å². The van der Waals surface area contributed by atoms with Crippen LogP contribution < -0.4 is 0 Å². The third-order valence-corrected chi connectivity index (χ3v) is 4.09. The maximum atomic E-state index is 10.8. The molecule has 1 unspecified atom stereocenters. The minimum Gasteiger partial charge on any atom is -0.381 e. The second kappa shape index (κ2) is 7.25. The summed E-state index contributed by atoms with van der Waals surface area (Å²) in [5.74, 6) is 1.07. The van der Waals surface area contributed by atoms with E-state index in [0.29, 0.717) is 18.3 Å². The Kier molecular flexibility index (Phi) is 6.30. The maximum Gasteiger partial charge on any atom is 0.120 e. The number of rotatable bonds is 6. The summed E-state index contributed by atoms with van der Waals surface area (Å²) < 4.78 is 5.52. The Hall–Kier alpha value is -0.410. The number of piperidine rings is 1. The average Bonchev–Trinajstić information content (AvgIpc) is 2.33. The number of hydrogen-bond donors (Lipinski definition) is 0. The zero-order valence-corrected chi connectivity index (χ0v) is 12.4. The SMILES string of the molecule is CCOCC(CC=O)C1CCN(C(C)(C)C)CC1. The lowest BCUT2D eigenvalue weighted by Gasteiger charge is -2.42. The summed E-state index contributed by atoms with van der Waals surface area (Å²) in [5, 5.41) is 0. The third kappa shape index (κ3) is 4.69. The first-order valence-electron chi connectivity index (χ1n) is 7.25. The van der Waals surface area contributed by atoms with Crippen LogP contribution in [-0.2, 0) is 9.53 Å². The molecular weight excluding hydrogens is 226 g/mol. The highest BCUT2D eigenvalue weighted by molar-refractivity contribution is 5.49. The normalized spacial score (nSPS) is 20.9. The summed E-state index contributed by atoms with van der Waals surface area (Å²) in [6.07, 6.45) is 4.10. The number of carbonyl (C=O) groups is 1. The Morgan fingerprint density at radius 3 is 2.39 bits per heavy atom. The van der Waals surface area contributed by atoms with E-state index >= 15 is 0 Å². The molecule has 1 fully saturated rings. The van der Waals surface area contributed by atoms with E-state index in [-0.39, 0.29) is 5.54 Å². The lowest BCUT2D eigenvalue weighted by atomic mass is 9.82. The molecule has 1 aliphatic heterocycles. The summed E-state index contributed by atoms with van der Waals surface area (Å²) in [6, 6.07) is 0. The lowest BCUT2D eigenvalue weighted by Crippen LogP contribution is -2.47. The minimum absolute atomic E-state index is 0.269. The molecule has 0 saturated carbocycles. The van der Waals surface area contributed by atoms with Gasteiger partial charge in [0, 0.05) is 18.6 Å². The Balaban J connectivity index is 2.45. The molecule has 1 heterocycles. The summed E-state index contributed by atoms with van der Waals surface area (Å²) in [6.45, 7) is 12.6. The van der Waals surface area contributed by atoms with Gasteiger partial charge in [-0.3, -0.25) is 4.90 Å². The molecule has 1 saturated heterocycles. The quantitative estimate of drug-likeness (QED) is 0.684. The molecule has 1 atom stereocenters. The van der Waals surface area contributed by atoms with E-state index < -0.39 is 0 Å². The fourth-order valence-electron chi connectivity index (χ4n) is 2.83. The summed E-state index contributed by atoms with van der Waals surface area (Å²) >= 11 is 0. The molecule has 3 heteroatoms. The number of likely N-dealkylation sites (tertiary alicyclic amines) is 1. The monoisotopic (exact) mass is 255 g/mol. The van der Waals surface area contributed by atoms with E-state index in [2.05, 4.69) is 25.7 Å². The van der Waals surface area contributed by atoms with E-state index in [1.54, 1.807) is 0 Å². The van der Waals surface area contributed by atoms with E-state index in [0.717, 1.165) is 32.6 Å². The second-order valence-electron chi connectivity index (χ2n) is 6.32. The first-order chi connectivity index (χ1) is 8.49. The topological polar surface area (TPSA) is 29.5 Å². The largest absolute Gasteiger partial charge is 0.381 e. The fraction of sp³-hybridized carbons (Fsp3) is 0.933. The van der Waals surface area contributed by atoms with E-state index in [9.17, 15) is 4.79 Å². The van der Waals surface area contributed by atoms with Crippen LogP contribution in [0.4, 0.5) is 0 Å². The number of carbonyl (C=O) groups excluding carboxylic acids is 1. The Morgan fingerprint density at radius 2 is 1.94 bits per heavy atom. The third-order valence-electron chi connectivity index (χ3n) is 4.09. The van der Waals surface area contributed by atoms with Gasteiger partial charge in [-0.15, -0.1) is 0 Å². The number of nitrogens with zero attached hydrogens (tertiary/aromatic N) is 1. The first kappa shape index (κ1) is 15.6. The van der Waals surface area contributed by atoms with Crippen molar-refractivity contribution in [2.75, 3.05) is 26.3 Å². The standard InChI is InChI=1S/C15H29NO2/c1-5-18-12-14(8-11-17)13-6-9-16(10-7-13)15(2,3)4/h11,13-14H,5-10,12H2,1-4H3. The van der Waals surface area contributed by atoms with Crippen molar-refractivity contribution in [1.82, 2.24) is 4.90 Å². The summed E-state index contributed by atoms with van der Waals surface area (Å²) in [7, 11) is 0. The molecule has 0 bridgehead atoms. The molecule has 0 N–H and O–H groups in total. The smallest absolute Gasteiger partial charge is 0.120 e. The van der Waals surface area contributed by atoms with Crippen LogP contribution in [0.1, 0.15) is 47.0 Å². The predicted octanol–water partition coefficient (Wildman–Crippen LogP) is 2.74. The van der Waals surface area contributed by atoms with Crippen LogP contribution >= 0.6 is 0 Å². The van der Waals surface area contributed by atoms with E-state index in [1.165, 1.54) is 12.8 Å². The van der Waals surface area contributed by atoms with Crippen molar-refractivity contribution in [3.8, 4) is 0 Å². The van der Waals surface area contributed by atoms with Gasteiger partial charge in [0.2, 0.25) is 0 Å². The highest BCUT2D eigenvalue weighted by Gasteiger charge is 2.30. The molecule has 0 aromatic rings. The highest BCUT2D eigenvalue weighted by Crippen LogP contribution is 2.30. The van der Waals surface area contributed by atoms with Crippen molar-refractivity contribution in [1.29, 1.82) is 0 Å². The van der Waals surface area contributed by atoms with Crippen LogP contribution in [0.25, 0.3) is 0 Å². The molecule has 0 aromatic carbocycles. The molecule has 0 radical (unpaired) electrons. The maximum absolute atomic E-state index is 10.8. The van der Waals surface area contributed by atoms with Gasteiger partial charge in [-0.2, -0.15) is 0 Å². The Bertz CT molecular complexity index is 239. The molecular formula is C15H29NO2. The van der Waals surface area contributed by atoms with Gasteiger partial charge in [0.1, 0.15) is 6.29 Å². The molecule has 0 aromatic heterocycles. The highest BCUT2D eigenvalue weighted by atomic mass is 16.5. The van der Waals surface area contributed by atoms with Crippen LogP contribution in [0.3, 0.4) is 0 Å². The molecule has 0 aliphatic carbocycles. The van der Waals surface area contributed by atoms with Gasteiger partial charge < -0.3 is 9.53 Å². The summed E-state index contributed by atoms with van der Waals surface area (Å²) in [4.78, 5) is 13.3. The van der Waals surface area contributed by atoms with Gasteiger partial charge in [-0.05, 0) is 65.5 Å². The minimum atomic E-state index is 0.269. The predicted molar refractivity (Wildman–Crippen MR) is 74.7 cm³/mol. The number of ether oxygens (including phenoxy) is 1. The number of aldehydes is 1. The molecule has 0 amide bonds. The molecule has 106 valence electrons. The number of hydrogen-bond acceptors (Lipinski definition) is 3. The van der Waals surface area contributed by atoms with Gasteiger partial charge in [0.05, 0.1) is 6.61 Å². The van der Waals surface area contributed by atoms with Crippen LogP contribution in [0, 0.1) is 11.8 Å². The lowest BCUT2D eigenvalue weighted by molar-refractivity contribution is -0.109. The fourth-order valence-corrected chi connectivity index (χ4v) is 2.83. The molecule has 0 spiro atoms. The zero-order chi connectivity index (χ0) is 13.6. The Labute approximate surface area is 112 Å². The van der Waals surface area contributed by atoms with E-state index in [4.69, 9.17) is 4.74 Å². The molecule has 1 aliphatic rings. The van der Waals surface area contributed by atoms with Gasteiger partial charge in [-0.25, -0.2) is 0 Å².